The quantitative estimate of drug-likeness (QED) is 0.708. The smallest absolute Gasteiger partial charge is 0.159 e. The van der Waals surface area contributed by atoms with Gasteiger partial charge in [-0.2, -0.15) is 5.10 Å². The fourth-order valence-corrected chi connectivity index (χ4v) is 3.99. The summed E-state index contributed by atoms with van der Waals surface area (Å²) < 4.78 is 2.16. The first-order valence-corrected chi connectivity index (χ1v) is 9.54. The van der Waals surface area contributed by atoms with E-state index in [0.717, 1.165) is 55.6 Å². The molecule has 1 aromatic carbocycles. The Bertz CT molecular complexity index is 947. The van der Waals surface area contributed by atoms with Gasteiger partial charge in [-0.15, -0.1) is 15.3 Å². The third-order valence-corrected chi connectivity index (χ3v) is 5.39. The molecule has 1 fully saturated rings. The van der Waals surface area contributed by atoms with E-state index in [4.69, 9.17) is 0 Å². The van der Waals surface area contributed by atoms with Crippen molar-refractivity contribution in [2.45, 2.75) is 32.2 Å². The van der Waals surface area contributed by atoms with Crippen LogP contribution in [0.5, 0.6) is 0 Å². The van der Waals surface area contributed by atoms with Crippen molar-refractivity contribution in [3.63, 3.8) is 0 Å². The number of hydrogen-bond donors (Lipinski definition) is 0. The Labute approximate surface area is 160 Å². The SMILES string of the molecule is Cc1nnc(N2CCCC(c3nnc(CN(C)C)n3C)C2)c2ccccc12. The summed E-state index contributed by atoms with van der Waals surface area (Å²) >= 11 is 0. The molecule has 7 nitrogen and oxygen atoms in total. The van der Waals surface area contributed by atoms with Gasteiger partial charge in [-0.05, 0) is 33.9 Å². The Morgan fingerprint density at radius 3 is 2.63 bits per heavy atom. The summed E-state index contributed by atoms with van der Waals surface area (Å²) in [6, 6.07) is 8.41. The molecule has 1 unspecified atom stereocenters. The highest BCUT2D eigenvalue weighted by Crippen LogP contribution is 2.32. The normalized spacial score (nSPS) is 17.8. The average molecular weight is 365 g/mol. The van der Waals surface area contributed by atoms with Crippen LogP contribution in [0.4, 0.5) is 5.82 Å². The molecule has 27 heavy (non-hydrogen) atoms. The van der Waals surface area contributed by atoms with Gasteiger partial charge in [0.05, 0.1) is 12.2 Å². The maximum Gasteiger partial charge on any atom is 0.159 e. The Balaban J connectivity index is 1.63. The largest absolute Gasteiger partial charge is 0.354 e. The average Bonchev–Trinajstić information content (AvgIpc) is 3.02. The van der Waals surface area contributed by atoms with Crippen LogP contribution in [-0.4, -0.2) is 57.0 Å². The number of aryl methyl sites for hydroxylation is 1. The zero-order valence-electron chi connectivity index (χ0n) is 16.6. The van der Waals surface area contributed by atoms with Gasteiger partial charge < -0.3 is 14.4 Å². The van der Waals surface area contributed by atoms with Crippen LogP contribution < -0.4 is 4.90 Å². The van der Waals surface area contributed by atoms with Crippen LogP contribution in [0.2, 0.25) is 0 Å². The number of fused-ring (bicyclic) bond motifs is 1. The van der Waals surface area contributed by atoms with Crippen molar-refractivity contribution < 1.29 is 0 Å². The van der Waals surface area contributed by atoms with Crippen LogP contribution in [-0.2, 0) is 13.6 Å². The first kappa shape index (κ1) is 17.9. The molecular formula is C20H27N7. The number of rotatable bonds is 4. The summed E-state index contributed by atoms with van der Waals surface area (Å²) in [6.07, 6.45) is 2.24. The molecule has 0 aliphatic carbocycles. The number of nitrogens with zero attached hydrogens (tertiary/aromatic N) is 7. The van der Waals surface area contributed by atoms with Gasteiger partial charge in [0, 0.05) is 36.8 Å². The lowest BCUT2D eigenvalue weighted by atomic mass is 9.96. The third kappa shape index (κ3) is 3.39. The standard InChI is InChI=1S/C20H27N7/c1-14-16-9-5-6-10-17(16)20(24-21-14)27-11-7-8-15(12-27)19-23-22-18(26(19)4)13-25(2)3/h5-6,9-10,15H,7-8,11-13H2,1-4H3. The molecule has 0 bridgehead atoms. The van der Waals surface area contributed by atoms with Crippen LogP contribution in [0, 0.1) is 6.92 Å². The van der Waals surface area contributed by atoms with E-state index in [1.807, 2.05) is 6.92 Å². The van der Waals surface area contributed by atoms with E-state index in [0.29, 0.717) is 5.92 Å². The van der Waals surface area contributed by atoms with Gasteiger partial charge in [0.1, 0.15) is 11.6 Å². The number of benzene rings is 1. The minimum Gasteiger partial charge on any atom is -0.354 e. The number of piperidine rings is 1. The zero-order valence-corrected chi connectivity index (χ0v) is 16.6. The monoisotopic (exact) mass is 365 g/mol. The van der Waals surface area contributed by atoms with Crippen molar-refractivity contribution in [1.29, 1.82) is 0 Å². The Morgan fingerprint density at radius 2 is 1.85 bits per heavy atom. The summed E-state index contributed by atoms with van der Waals surface area (Å²) in [4.78, 5) is 4.48. The first-order chi connectivity index (χ1) is 13.0. The highest BCUT2D eigenvalue weighted by Gasteiger charge is 2.27. The van der Waals surface area contributed by atoms with Crippen molar-refractivity contribution in [3.8, 4) is 0 Å². The van der Waals surface area contributed by atoms with Crippen LogP contribution in [0.15, 0.2) is 24.3 Å². The van der Waals surface area contributed by atoms with E-state index in [1.54, 1.807) is 0 Å². The van der Waals surface area contributed by atoms with Gasteiger partial charge in [-0.3, -0.25) is 0 Å². The second-order valence-corrected chi connectivity index (χ2v) is 7.71. The number of hydrogen-bond acceptors (Lipinski definition) is 6. The summed E-state index contributed by atoms with van der Waals surface area (Å²) in [5, 5.41) is 20.2. The van der Waals surface area contributed by atoms with Crippen LogP contribution in [0.25, 0.3) is 10.8 Å². The number of aromatic nitrogens is 5. The molecule has 0 radical (unpaired) electrons. The lowest BCUT2D eigenvalue weighted by molar-refractivity contribution is 0.382. The molecular weight excluding hydrogens is 338 g/mol. The van der Waals surface area contributed by atoms with E-state index in [9.17, 15) is 0 Å². The molecule has 142 valence electrons. The Morgan fingerprint density at radius 1 is 1.07 bits per heavy atom. The second-order valence-electron chi connectivity index (χ2n) is 7.71. The lowest BCUT2D eigenvalue weighted by Gasteiger charge is -2.33. The van der Waals surface area contributed by atoms with E-state index < -0.39 is 0 Å². The molecule has 3 aromatic rings. The predicted octanol–water partition coefficient (Wildman–Crippen LogP) is 2.51. The van der Waals surface area contributed by atoms with E-state index >= 15 is 0 Å². The summed E-state index contributed by atoms with van der Waals surface area (Å²) in [5.41, 5.74) is 0.976. The van der Waals surface area contributed by atoms with Crippen LogP contribution >= 0.6 is 0 Å². The van der Waals surface area contributed by atoms with Crippen molar-refractivity contribution in [2.24, 2.45) is 7.05 Å². The Hall–Kier alpha value is -2.54. The molecule has 7 heteroatoms. The second kappa shape index (κ2) is 7.23. The molecule has 2 aromatic heterocycles. The minimum atomic E-state index is 0.356. The van der Waals surface area contributed by atoms with Crippen molar-refractivity contribution >= 4 is 16.6 Å². The van der Waals surface area contributed by atoms with E-state index in [2.05, 4.69) is 80.2 Å². The van der Waals surface area contributed by atoms with Gasteiger partial charge in [0.15, 0.2) is 5.82 Å². The minimum absolute atomic E-state index is 0.356. The topological polar surface area (TPSA) is 63.0 Å². The number of anilines is 1. The molecule has 0 amide bonds. The molecule has 4 rings (SSSR count). The van der Waals surface area contributed by atoms with Gasteiger partial charge in [0.25, 0.3) is 0 Å². The van der Waals surface area contributed by atoms with Crippen molar-refractivity contribution in [2.75, 3.05) is 32.1 Å². The molecule has 0 saturated carbocycles. The predicted molar refractivity (Wildman–Crippen MR) is 107 cm³/mol. The molecule has 0 spiro atoms. The molecule has 1 atom stereocenters. The van der Waals surface area contributed by atoms with Crippen LogP contribution in [0.3, 0.4) is 0 Å². The third-order valence-electron chi connectivity index (χ3n) is 5.39. The van der Waals surface area contributed by atoms with Gasteiger partial charge >= 0.3 is 0 Å². The molecule has 3 heterocycles. The molecule has 1 aliphatic heterocycles. The van der Waals surface area contributed by atoms with Gasteiger partial charge in [-0.25, -0.2) is 0 Å². The fourth-order valence-electron chi connectivity index (χ4n) is 3.99. The molecule has 0 N–H and O–H groups in total. The highest BCUT2D eigenvalue weighted by molar-refractivity contribution is 5.93. The molecule has 1 saturated heterocycles. The maximum atomic E-state index is 4.55. The lowest BCUT2D eigenvalue weighted by Crippen LogP contribution is -2.36. The summed E-state index contributed by atoms with van der Waals surface area (Å²) in [5.74, 6) is 3.42. The van der Waals surface area contributed by atoms with E-state index in [-0.39, 0.29) is 0 Å². The summed E-state index contributed by atoms with van der Waals surface area (Å²) in [6.45, 7) is 4.72. The first-order valence-electron chi connectivity index (χ1n) is 9.54. The highest BCUT2D eigenvalue weighted by atomic mass is 15.3. The Kier molecular flexibility index (Phi) is 4.78. The van der Waals surface area contributed by atoms with Crippen molar-refractivity contribution in [3.05, 3.63) is 41.6 Å². The van der Waals surface area contributed by atoms with Gasteiger partial charge in [-0.1, -0.05) is 24.3 Å². The zero-order chi connectivity index (χ0) is 19.0. The van der Waals surface area contributed by atoms with Gasteiger partial charge in [0.2, 0.25) is 0 Å². The van der Waals surface area contributed by atoms with Crippen LogP contribution in [0.1, 0.15) is 36.1 Å². The fraction of sp³-hybridized carbons (Fsp3) is 0.500. The molecule has 1 aliphatic rings. The van der Waals surface area contributed by atoms with E-state index in [1.165, 1.54) is 10.8 Å². The summed E-state index contributed by atoms with van der Waals surface area (Å²) in [7, 11) is 6.18. The van der Waals surface area contributed by atoms with Crippen molar-refractivity contribution in [1.82, 2.24) is 29.9 Å². The maximum absolute atomic E-state index is 4.55.